The van der Waals surface area contributed by atoms with E-state index in [2.05, 4.69) is 12.2 Å². The lowest BCUT2D eigenvalue weighted by Crippen LogP contribution is -2.14. The molecule has 0 radical (unpaired) electrons. The van der Waals surface area contributed by atoms with Crippen molar-refractivity contribution in [3.05, 3.63) is 29.8 Å². The van der Waals surface area contributed by atoms with Crippen molar-refractivity contribution in [1.29, 1.82) is 0 Å². The Morgan fingerprint density at radius 2 is 2.00 bits per heavy atom. The van der Waals surface area contributed by atoms with Gasteiger partial charge >= 0.3 is 0 Å². The molecule has 1 rings (SSSR count). The molecule has 3 heteroatoms. The predicted molar refractivity (Wildman–Crippen MR) is 64.4 cm³/mol. The molecule has 0 aliphatic carbocycles. The van der Waals surface area contributed by atoms with Gasteiger partial charge in [-0.05, 0) is 31.0 Å². The summed E-state index contributed by atoms with van der Waals surface area (Å²) in [6.45, 7) is 3.91. The molecule has 0 heterocycles. The zero-order valence-corrected chi connectivity index (χ0v) is 9.84. The lowest BCUT2D eigenvalue weighted by Gasteiger charge is -2.06. The largest absolute Gasteiger partial charge is 0.326 e. The Labute approximate surface area is 95.6 Å². The van der Waals surface area contributed by atoms with Gasteiger partial charge in [0.15, 0.2) is 0 Å². The number of carbonyl (C=O) groups is 1. The molecular formula is C12H16ClNO. The van der Waals surface area contributed by atoms with Crippen LogP contribution in [0.15, 0.2) is 24.3 Å². The predicted octanol–water partition coefficient (Wildman–Crippen LogP) is 3.20. The van der Waals surface area contributed by atoms with Crippen molar-refractivity contribution in [3.8, 4) is 0 Å². The maximum atomic E-state index is 11.4. The van der Waals surface area contributed by atoms with Crippen molar-refractivity contribution in [2.75, 3.05) is 5.32 Å². The van der Waals surface area contributed by atoms with Gasteiger partial charge in [0.1, 0.15) is 0 Å². The van der Waals surface area contributed by atoms with Gasteiger partial charge in [-0.1, -0.05) is 19.1 Å². The lowest BCUT2D eigenvalue weighted by molar-refractivity contribution is -0.116. The van der Waals surface area contributed by atoms with E-state index in [1.165, 1.54) is 5.56 Å². The monoisotopic (exact) mass is 225 g/mol. The fourth-order valence-corrected chi connectivity index (χ4v) is 1.43. The molecule has 0 saturated heterocycles. The van der Waals surface area contributed by atoms with Crippen molar-refractivity contribution in [2.24, 2.45) is 0 Å². The second-order valence-corrected chi connectivity index (χ2v) is 4.33. The van der Waals surface area contributed by atoms with E-state index in [0.29, 0.717) is 6.42 Å². The summed E-state index contributed by atoms with van der Waals surface area (Å²) in [6.07, 6.45) is 1.35. The molecule has 1 N–H and O–H groups in total. The van der Waals surface area contributed by atoms with Crippen LogP contribution in [0.4, 0.5) is 5.69 Å². The molecule has 1 atom stereocenters. The van der Waals surface area contributed by atoms with Gasteiger partial charge in [0.2, 0.25) is 5.91 Å². The quantitative estimate of drug-likeness (QED) is 0.784. The minimum absolute atomic E-state index is 0.0400. The first-order valence-electron chi connectivity index (χ1n) is 5.14. The molecule has 0 spiro atoms. The van der Waals surface area contributed by atoms with E-state index in [1.54, 1.807) is 6.92 Å². The summed E-state index contributed by atoms with van der Waals surface area (Å²) < 4.78 is 0. The highest BCUT2D eigenvalue weighted by Gasteiger charge is 2.05. The number of hydrogen-bond donors (Lipinski definition) is 1. The van der Waals surface area contributed by atoms with Gasteiger partial charge in [-0.25, -0.2) is 0 Å². The number of hydrogen-bond acceptors (Lipinski definition) is 1. The molecule has 1 amide bonds. The van der Waals surface area contributed by atoms with Crippen LogP contribution in [0, 0.1) is 0 Å². The average Bonchev–Trinajstić information content (AvgIpc) is 2.17. The summed E-state index contributed by atoms with van der Waals surface area (Å²) in [6, 6.07) is 7.85. The summed E-state index contributed by atoms with van der Waals surface area (Å²) in [5, 5.41) is 2.68. The Kier molecular flexibility index (Phi) is 4.63. The number of aryl methyl sites for hydroxylation is 1. The van der Waals surface area contributed by atoms with E-state index in [1.807, 2.05) is 24.3 Å². The fraction of sp³-hybridized carbons (Fsp3) is 0.417. The van der Waals surface area contributed by atoms with E-state index in [0.717, 1.165) is 12.1 Å². The van der Waals surface area contributed by atoms with Crippen LogP contribution in [0.2, 0.25) is 0 Å². The first-order valence-corrected chi connectivity index (χ1v) is 5.58. The average molecular weight is 226 g/mol. The zero-order chi connectivity index (χ0) is 11.3. The molecule has 0 saturated carbocycles. The minimum atomic E-state index is -0.125. The van der Waals surface area contributed by atoms with Crippen LogP contribution >= 0.6 is 11.6 Å². The van der Waals surface area contributed by atoms with Crippen LogP contribution < -0.4 is 5.32 Å². The molecule has 1 aromatic rings. The van der Waals surface area contributed by atoms with E-state index < -0.39 is 0 Å². The highest BCUT2D eigenvalue weighted by Crippen LogP contribution is 2.11. The molecule has 1 unspecified atom stereocenters. The highest BCUT2D eigenvalue weighted by molar-refractivity contribution is 6.21. The van der Waals surface area contributed by atoms with Crippen LogP contribution in [0.25, 0.3) is 0 Å². The molecule has 0 bridgehead atoms. The van der Waals surface area contributed by atoms with Crippen LogP contribution in [-0.4, -0.2) is 11.3 Å². The number of alkyl halides is 1. The highest BCUT2D eigenvalue weighted by atomic mass is 35.5. The van der Waals surface area contributed by atoms with Gasteiger partial charge in [0.25, 0.3) is 0 Å². The van der Waals surface area contributed by atoms with Crippen molar-refractivity contribution < 1.29 is 4.79 Å². The summed E-state index contributed by atoms with van der Waals surface area (Å²) in [7, 11) is 0. The Bertz CT molecular complexity index is 319. The fourth-order valence-electron chi connectivity index (χ4n) is 1.29. The number of carbonyl (C=O) groups excluding carboxylic acids is 1. The van der Waals surface area contributed by atoms with Crippen molar-refractivity contribution >= 4 is 23.2 Å². The Hall–Kier alpha value is -1.02. The second-order valence-electron chi connectivity index (χ2n) is 3.58. The van der Waals surface area contributed by atoms with Gasteiger partial charge in [-0.3, -0.25) is 4.79 Å². The maximum Gasteiger partial charge on any atom is 0.225 e. The van der Waals surface area contributed by atoms with Crippen molar-refractivity contribution in [1.82, 2.24) is 0 Å². The topological polar surface area (TPSA) is 29.1 Å². The van der Waals surface area contributed by atoms with Gasteiger partial charge in [-0.15, -0.1) is 11.6 Å². The van der Waals surface area contributed by atoms with Crippen LogP contribution in [-0.2, 0) is 11.2 Å². The molecule has 1 aromatic carbocycles. The van der Waals surface area contributed by atoms with Crippen LogP contribution in [0.1, 0.15) is 25.8 Å². The Balaban J connectivity index is 2.53. The van der Waals surface area contributed by atoms with Crippen molar-refractivity contribution in [2.45, 2.75) is 32.1 Å². The summed E-state index contributed by atoms with van der Waals surface area (Å²) in [4.78, 5) is 11.4. The summed E-state index contributed by atoms with van der Waals surface area (Å²) in [5.74, 6) is -0.0400. The first-order chi connectivity index (χ1) is 7.11. The molecule has 0 fully saturated rings. The number of benzene rings is 1. The molecule has 2 nitrogen and oxygen atoms in total. The third kappa shape index (κ3) is 4.34. The molecular weight excluding hydrogens is 210 g/mol. The van der Waals surface area contributed by atoms with Gasteiger partial charge in [0.05, 0.1) is 0 Å². The van der Waals surface area contributed by atoms with Crippen LogP contribution in [0.3, 0.4) is 0 Å². The molecule has 0 aromatic heterocycles. The van der Waals surface area contributed by atoms with Gasteiger partial charge < -0.3 is 5.32 Å². The smallest absolute Gasteiger partial charge is 0.225 e. The normalized spacial score (nSPS) is 12.2. The lowest BCUT2D eigenvalue weighted by atomic mass is 10.1. The summed E-state index contributed by atoms with van der Waals surface area (Å²) >= 11 is 5.73. The molecule has 0 aliphatic heterocycles. The molecule has 0 aliphatic rings. The first kappa shape index (κ1) is 12.1. The molecule has 15 heavy (non-hydrogen) atoms. The van der Waals surface area contributed by atoms with Crippen molar-refractivity contribution in [3.63, 3.8) is 0 Å². The van der Waals surface area contributed by atoms with Gasteiger partial charge in [0, 0.05) is 17.5 Å². The van der Waals surface area contributed by atoms with Gasteiger partial charge in [-0.2, -0.15) is 0 Å². The minimum Gasteiger partial charge on any atom is -0.326 e. The number of halogens is 1. The third-order valence-corrected chi connectivity index (χ3v) is 2.27. The molecule has 82 valence electrons. The van der Waals surface area contributed by atoms with E-state index in [4.69, 9.17) is 11.6 Å². The number of amides is 1. The van der Waals surface area contributed by atoms with E-state index in [9.17, 15) is 4.79 Å². The number of anilines is 1. The Morgan fingerprint density at radius 1 is 1.40 bits per heavy atom. The van der Waals surface area contributed by atoms with E-state index in [-0.39, 0.29) is 11.3 Å². The maximum absolute atomic E-state index is 11.4. The Morgan fingerprint density at radius 3 is 2.47 bits per heavy atom. The zero-order valence-electron chi connectivity index (χ0n) is 9.09. The summed E-state index contributed by atoms with van der Waals surface area (Å²) in [5.41, 5.74) is 2.09. The number of rotatable bonds is 4. The third-order valence-electron chi connectivity index (χ3n) is 2.11. The second kappa shape index (κ2) is 5.76. The number of nitrogens with one attached hydrogen (secondary N) is 1. The van der Waals surface area contributed by atoms with E-state index >= 15 is 0 Å². The SMILES string of the molecule is CCc1ccc(NC(=O)CC(C)Cl)cc1. The van der Waals surface area contributed by atoms with Crippen LogP contribution in [0.5, 0.6) is 0 Å². The standard InChI is InChI=1S/C12H16ClNO/c1-3-10-4-6-11(7-5-10)14-12(15)8-9(2)13/h4-7,9H,3,8H2,1-2H3,(H,14,15).